The number of nitrogens with one attached hydrogen (secondary N) is 2. The lowest BCUT2D eigenvalue weighted by atomic mass is 9.40. The van der Waals surface area contributed by atoms with E-state index in [-0.39, 0.29) is 11.8 Å². The largest absolute Gasteiger partial charge is 0.359 e. The van der Waals surface area contributed by atoms with Gasteiger partial charge in [0.05, 0.1) is 0 Å². The number of hydrogen-bond acceptors (Lipinski definition) is 3. The molecular weight excluding hydrogens is 211 g/mol. The maximum Gasteiger partial charge on any atom is 0.227 e. The Balaban J connectivity index is 4.71. The zero-order valence-corrected chi connectivity index (χ0v) is 10.7. The quantitative estimate of drug-likeness (QED) is 0.493. The third kappa shape index (κ3) is 3.78. The summed E-state index contributed by atoms with van der Waals surface area (Å²) >= 11 is 3.71. The molecule has 2 N–H and O–H groups in total. The summed E-state index contributed by atoms with van der Waals surface area (Å²) in [6.07, 6.45) is 0. The van der Waals surface area contributed by atoms with Crippen LogP contribution in [0.4, 0.5) is 0 Å². The monoisotopic (exact) mass is 229 g/mol. The zero-order chi connectivity index (χ0) is 12.3. The standard InChI is InChI=1S/C9H18BN2O2S/c1-8(2,6(13)11-5)10-9(3,4)7(14)12-15/h15H,1-5H3,(H,11,13)(H,12,14). The molecule has 6 heteroatoms. The molecule has 0 aromatic heterocycles. The van der Waals surface area contributed by atoms with Crippen LogP contribution in [0, 0.1) is 0 Å². The Kier molecular flexibility index (Phi) is 4.71. The number of rotatable bonds is 4. The van der Waals surface area contributed by atoms with E-state index in [4.69, 9.17) is 0 Å². The maximum atomic E-state index is 11.5. The molecular formula is C9H18BN2O2S. The van der Waals surface area contributed by atoms with Crippen LogP contribution >= 0.6 is 12.8 Å². The molecule has 0 aromatic rings. The van der Waals surface area contributed by atoms with Crippen LogP contribution in [-0.2, 0) is 9.59 Å². The maximum absolute atomic E-state index is 11.5. The lowest BCUT2D eigenvalue weighted by Gasteiger charge is -2.30. The normalized spacial score (nSPS) is 11.9. The summed E-state index contributed by atoms with van der Waals surface area (Å²) < 4.78 is 2.28. The minimum atomic E-state index is -0.738. The Morgan fingerprint density at radius 3 is 1.80 bits per heavy atom. The molecule has 0 saturated carbocycles. The second-order valence-corrected chi connectivity index (χ2v) is 4.83. The Hall–Kier alpha value is -0.645. The van der Waals surface area contributed by atoms with Gasteiger partial charge in [0, 0.05) is 17.7 Å². The third-order valence-electron chi connectivity index (χ3n) is 2.22. The molecule has 0 unspecified atom stereocenters. The molecule has 0 rings (SSSR count). The Bertz CT molecular complexity index is 241. The molecule has 85 valence electrons. The molecule has 0 aromatic carbocycles. The van der Waals surface area contributed by atoms with Crippen molar-refractivity contribution in [2.75, 3.05) is 7.05 Å². The molecule has 1 radical (unpaired) electrons. The van der Waals surface area contributed by atoms with Gasteiger partial charge in [-0.3, -0.25) is 9.59 Å². The summed E-state index contributed by atoms with van der Waals surface area (Å²) in [5, 5.41) is 1.13. The Labute approximate surface area is 97.4 Å². The highest BCUT2D eigenvalue weighted by molar-refractivity contribution is 7.78. The minimum absolute atomic E-state index is 0.123. The van der Waals surface area contributed by atoms with Crippen LogP contribution in [0.3, 0.4) is 0 Å². The lowest BCUT2D eigenvalue weighted by Crippen LogP contribution is -2.41. The van der Waals surface area contributed by atoms with Crippen LogP contribution in [-0.4, -0.2) is 26.1 Å². The SMILES string of the molecule is CNC(=O)C(C)(C)[B]C(C)(C)C(=O)NS. The predicted molar refractivity (Wildman–Crippen MR) is 65.0 cm³/mol. The van der Waals surface area contributed by atoms with Gasteiger partial charge in [0.25, 0.3) is 0 Å². The molecule has 0 fully saturated rings. The second-order valence-electron chi connectivity index (χ2n) is 4.61. The zero-order valence-electron chi connectivity index (χ0n) is 9.84. The molecule has 0 aliphatic rings. The molecule has 4 nitrogen and oxygen atoms in total. The number of thiol groups is 1. The molecule has 0 bridgehead atoms. The van der Waals surface area contributed by atoms with Crippen LogP contribution in [0.15, 0.2) is 0 Å². The molecule has 2 amide bonds. The molecule has 0 spiro atoms. The average molecular weight is 229 g/mol. The topological polar surface area (TPSA) is 58.2 Å². The number of carbonyl (C=O) groups excluding carboxylic acids is 2. The van der Waals surface area contributed by atoms with Gasteiger partial charge in [-0.2, -0.15) is 0 Å². The lowest BCUT2D eigenvalue weighted by molar-refractivity contribution is -0.123. The van der Waals surface area contributed by atoms with Crippen molar-refractivity contribution in [1.82, 2.24) is 10.0 Å². The van der Waals surface area contributed by atoms with E-state index in [0.29, 0.717) is 0 Å². The van der Waals surface area contributed by atoms with E-state index < -0.39 is 10.6 Å². The van der Waals surface area contributed by atoms with Gasteiger partial charge in [0.1, 0.15) is 7.28 Å². The van der Waals surface area contributed by atoms with E-state index in [1.165, 1.54) is 0 Å². The van der Waals surface area contributed by atoms with Gasteiger partial charge in [0.2, 0.25) is 11.8 Å². The van der Waals surface area contributed by atoms with Gasteiger partial charge in [-0.25, -0.2) is 0 Å². The van der Waals surface area contributed by atoms with Gasteiger partial charge in [-0.05, 0) is 0 Å². The summed E-state index contributed by atoms with van der Waals surface area (Å²) in [6, 6.07) is 0. The fourth-order valence-electron chi connectivity index (χ4n) is 1.50. The predicted octanol–water partition coefficient (Wildman–Crippen LogP) is 0.795. The van der Waals surface area contributed by atoms with E-state index >= 15 is 0 Å². The van der Waals surface area contributed by atoms with Gasteiger partial charge >= 0.3 is 0 Å². The summed E-state index contributed by atoms with van der Waals surface area (Å²) in [6.45, 7) is 7.01. The van der Waals surface area contributed by atoms with Crippen molar-refractivity contribution >= 4 is 31.9 Å². The molecule has 0 saturated heterocycles. The van der Waals surface area contributed by atoms with Crippen molar-refractivity contribution in [3.8, 4) is 0 Å². The van der Waals surface area contributed by atoms with Gasteiger partial charge in [-0.1, -0.05) is 40.5 Å². The van der Waals surface area contributed by atoms with Gasteiger partial charge < -0.3 is 10.0 Å². The van der Waals surface area contributed by atoms with E-state index in [1.807, 2.05) is 0 Å². The molecule has 15 heavy (non-hydrogen) atoms. The first-order chi connectivity index (χ1) is 6.67. The van der Waals surface area contributed by atoms with Crippen molar-refractivity contribution in [3.63, 3.8) is 0 Å². The fourth-order valence-corrected chi connectivity index (χ4v) is 1.79. The summed E-state index contributed by atoms with van der Waals surface area (Å²) in [7, 11) is 3.29. The highest BCUT2D eigenvalue weighted by atomic mass is 32.1. The second kappa shape index (κ2) is 4.92. The van der Waals surface area contributed by atoms with Crippen molar-refractivity contribution in [2.45, 2.75) is 38.3 Å². The Morgan fingerprint density at radius 2 is 1.47 bits per heavy atom. The first-order valence-electron chi connectivity index (χ1n) is 4.71. The number of carbonyl (C=O) groups is 2. The van der Waals surface area contributed by atoms with Crippen molar-refractivity contribution in [2.24, 2.45) is 0 Å². The first-order valence-corrected chi connectivity index (χ1v) is 5.16. The smallest absolute Gasteiger partial charge is 0.227 e. The highest BCUT2D eigenvalue weighted by Crippen LogP contribution is 2.35. The van der Waals surface area contributed by atoms with E-state index in [0.717, 1.165) is 0 Å². The summed E-state index contributed by atoms with van der Waals surface area (Å²) in [4.78, 5) is 23.0. The van der Waals surface area contributed by atoms with Crippen molar-refractivity contribution in [3.05, 3.63) is 0 Å². The van der Waals surface area contributed by atoms with E-state index in [9.17, 15) is 9.59 Å². The average Bonchev–Trinajstić information content (AvgIpc) is 2.13. The van der Waals surface area contributed by atoms with Gasteiger partial charge in [-0.15, -0.1) is 0 Å². The van der Waals surface area contributed by atoms with Crippen LogP contribution in [0.2, 0.25) is 10.6 Å². The van der Waals surface area contributed by atoms with Crippen LogP contribution in [0.1, 0.15) is 27.7 Å². The van der Waals surface area contributed by atoms with Gasteiger partial charge in [0.15, 0.2) is 0 Å². The van der Waals surface area contributed by atoms with Crippen LogP contribution in [0.25, 0.3) is 0 Å². The third-order valence-corrected chi connectivity index (χ3v) is 2.42. The molecule has 0 aliphatic carbocycles. The minimum Gasteiger partial charge on any atom is -0.359 e. The summed E-state index contributed by atoms with van der Waals surface area (Å²) in [5.74, 6) is -0.356. The highest BCUT2D eigenvalue weighted by Gasteiger charge is 2.39. The van der Waals surface area contributed by atoms with Crippen LogP contribution in [0.5, 0.6) is 0 Å². The first kappa shape index (κ1) is 14.4. The molecule has 0 heterocycles. The molecule has 0 aliphatic heterocycles. The summed E-state index contributed by atoms with van der Waals surface area (Å²) in [5.41, 5.74) is 0. The number of amides is 2. The number of hydrogen-bond donors (Lipinski definition) is 3. The van der Waals surface area contributed by atoms with E-state index in [1.54, 1.807) is 42.0 Å². The van der Waals surface area contributed by atoms with Crippen molar-refractivity contribution < 1.29 is 9.59 Å². The van der Waals surface area contributed by atoms with Crippen molar-refractivity contribution in [1.29, 1.82) is 0 Å². The fraction of sp³-hybridized carbons (Fsp3) is 0.778. The van der Waals surface area contributed by atoms with Crippen LogP contribution < -0.4 is 10.0 Å². The molecule has 0 atom stereocenters. The Morgan fingerprint density at radius 1 is 1.07 bits per heavy atom. The van der Waals surface area contributed by atoms with E-state index in [2.05, 4.69) is 22.9 Å².